The molecule has 0 saturated heterocycles. The number of carbonyl (C=O) groups excluding carboxylic acids is 1. The molecule has 0 spiro atoms. The van der Waals surface area contributed by atoms with Gasteiger partial charge in [-0.2, -0.15) is 0 Å². The van der Waals surface area contributed by atoms with E-state index in [9.17, 15) is 4.79 Å². The fraction of sp³-hybridized carbons (Fsp3) is 0.214. The van der Waals surface area contributed by atoms with Crippen molar-refractivity contribution in [1.29, 1.82) is 0 Å². The Balaban J connectivity index is 1.84. The first-order valence-corrected chi connectivity index (χ1v) is 8.10. The lowest BCUT2D eigenvalue weighted by atomic mass is 10.2. The minimum absolute atomic E-state index is 0.0705. The maximum Gasteiger partial charge on any atom is 0.238 e. The minimum Gasteiger partial charge on any atom is -0.325 e. The standard InChI is InChI=1S/C14H14BrClN2OS/c1-9-2-3-10(15)6-12(9)18-14(19)8-17-7-13-11(16)4-5-20-13/h2-6,17H,7-8H2,1H3,(H,18,19). The largest absolute Gasteiger partial charge is 0.325 e. The molecule has 0 atom stereocenters. The normalized spacial score (nSPS) is 10.6. The molecule has 2 rings (SSSR count). The third kappa shape index (κ3) is 4.31. The van der Waals surface area contributed by atoms with Gasteiger partial charge in [-0.25, -0.2) is 0 Å². The molecule has 2 aromatic rings. The van der Waals surface area contributed by atoms with Gasteiger partial charge in [0.25, 0.3) is 0 Å². The van der Waals surface area contributed by atoms with Crippen molar-refractivity contribution in [3.8, 4) is 0 Å². The first-order chi connectivity index (χ1) is 9.56. The second-order valence-electron chi connectivity index (χ2n) is 4.30. The van der Waals surface area contributed by atoms with Gasteiger partial charge in [0.15, 0.2) is 0 Å². The highest BCUT2D eigenvalue weighted by Crippen LogP contribution is 2.22. The molecule has 106 valence electrons. The van der Waals surface area contributed by atoms with E-state index >= 15 is 0 Å². The van der Waals surface area contributed by atoms with Crippen LogP contribution in [0.1, 0.15) is 10.4 Å². The molecule has 1 heterocycles. The number of anilines is 1. The fourth-order valence-electron chi connectivity index (χ4n) is 1.66. The molecule has 0 bridgehead atoms. The molecule has 0 unspecified atom stereocenters. The number of thiophene rings is 1. The molecule has 0 saturated carbocycles. The highest BCUT2D eigenvalue weighted by molar-refractivity contribution is 9.10. The first-order valence-electron chi connectivity index (χ1n) is 6.05. The molecule has 0 aliphatic carbocycles. The highest BCUT2D eigenvalue weighted by atomic mass is 79.9. The molecule has 3 nitrogen and oxygen atoms in total. The molecule has 0 aliphatic heterocycles. The van der Waals surface area contributed by atoms with Gasteiger partial charge >= 0.3 is 0 Å². The van der Waals surface area contributed by atoms with Crippen LogP contribution in [0.4, 0.5) is 5.69 Å². The van der Waals surface area contributed by atoms with Crippen molar-refractivity contribution in [2.75, 3.05) is 11.9 Å². The molecule has 1 aromatic carbocycles. The SMILES string of the molecule is Cc1ccc(Br)cc1NC(=O)CNCc1sccc1Cl. The maximum absolute atomic E-state index is 11.9. The van der Waals surface area contributed by atoms with Crippen LogP contribution in [0.2, 0.25) is 5.02 Å². The van der Waals surface area contributed by atoms with E-state index < -0.39 is 0 Å². The van der Waals surface area contributed by atoms with Crippen molar-refractivity contribution in [3.63, 3.8) is 0 Å². The zero-order valence-corrected chi connectivity index (χ0v) is 14.0. The van der Waals surface area contributed by atoms with Crippen LogP contribution in [0.5, 0.6) is 0 Å². The number of hydrogen-bond donors (Lipinski definition) is 2. The third-order valence-electron chi connectivity index (χ3n) is 2.74. The fourth-order valence-corrected chi connectivity index (χ4v) is 3.10. The summed E-state index contributed by atoms with van der Waals surface area (Å²) in [6, 6.07) is 7.65. The second-order valence-corrected chi connectivity index (χ2v) is 6.63. The number of amides is 1. The highest BCUT2D eigenvalue weighted by Gasteiger charge is 2.06. The molecule has 1 amide bonds. The summed E-state index contributed by atoms with van der Waals surface area (Å²) in [5, 5.41) is 8.65. The van der Waals surface area contributed by atoms with Gasteiger partial charge in [0.05, 0.1) is 11.6 Å². The Morgan fingerprint density at radius 1 is 1.40 bits per heavy atom. The Kier molecular flexibility index (Phi) is 5.60. The summed E-state index contributed by atoms with van der Waals surface area (Å²) in [5.41, 5.74) is 1.85. The topological polar surface area (TPSA) is 41.1 Å². The summed E-state index contributed by atoms with van der Waals surface area (Å²) >= 11 is 11.0. The Bertz CT molecular complexity index is 615. The van der Waals surface area contributed by atoms with E-state index in [1.165, 1.54) is 0 Å². The predicted octanol–water partition coefficient (Wildman–Crippen LogP) is 4.20. The van der Waals surface area contributed by atoms with Crippen LogP contribution < -0.4 is 10.6 Å². The Morgan fingerprint density at radius 3 is 2.90 bits per heavy atom. The molecule has 0 aliphatic rings. The number of aryl methyl sites for hydroxylation is 1. The number of hydrogen-bond acceptors (Lipinski definition) is 3. The van der Waals surface area contributed by atoms with Crippen LogP contribution in [0, 0.1) is 6.92 Å². The van der Waals surface area contributed by atoms with Crippen LogP contribution >= 0.6 is 38.9 Å². The van der Waals surface area contributed by atoms with Crippen molar-refractivity contribution < 1.29 is 4.79 Å². The molecule has 20 heavy (non-hydrogen) atoms. The average molecular weight is 374 g/mol. The second kappa shape index (κ2) is 7.22. The van der Waals surface area contributed by atoms with E-state index in [0.717, 1.165) is 25.6 Å². The van der Waals surface area contributed by atoms with Crippen LogP contribution in [-0.4, -0.2) is 12.5 Å². The Morgan fingerprint density at radius 2 is 2.20 bits per heavy atom. The summed E-state index contributed by atoms with van der Waals surface area (Å²) < 4.78 is 0.941. The van der Waals surface area contributed by atoms with Gasteiger partial charge in [-0.05, 0) is 36.1 Å². The van der Waals surface area contributed by atoms with Crippen molar-refractivity contribution in [2.24, 2.45) is 0 Å². The predicted molar refractivity (Wildman–Crippen MR) is 88.5 cm³/mol. The molecule has 2 N–H and O–H groups in total. The van der Waals surface area contributed by atoms with Gasteiger partial charge in [0.1, 0.15) is 0 Å². The maximum atomic E-state index is 11.9. The number of nitrogens with one attached hydrogen (secondary N) is 2. The number of benzene rings is 1. The van der Waals surface area contributed by atoms with Gasteiger partial charge in [0.2, 0.25) is 5.91 Å². The summed E-state index contributed by atoms with van der Waals surface area (Å²) in [7, 11) is 0. The van der Waals surface area contributed by atoms with Crippen LogP contribution in [-0.2, 0) is 11.3 Å². The molecule has 6 heteroatoms. The molecule has 0 radical (unpaired) electrons. The lowest BCUT2D eigenvalue weighted by molar-refractivity contribution is -0.115. The lowest BCUT2D eigenvalue weighted by Crippen LogP contribution is -2.27. The monoisotopic (exact) mass is 372 g/mol. The van der Waals surface area contributed by atoms with Crippen molar-refractivity contribution in [1.82, 2.24) is 5.32 Å². The van der Waals surface area contributed by atoms with Crippen LogP contribution in [0.15, 0.2) is 34.1 Å². The molecular formula is C14H14BrClN2OS. The van der Waals surface area contributed by atoms with Crippen LogP contribution in [0.3, 0.4) is 0 Å². The Hall–Kier alpha value is -0.880. The van der Waals surface area contributed by atoms with Gasteiger partial charge in [-0.3, -0.25) is 4.79 Å². The summed E-state index contributed by atoms with van der Waals surface area (Å²) in [4.78, 5) is 12.9. The molecule has 0 fully saturated rings. The van der Waals surface area contributed by atoms with Crippen molar-refractivity contribution in [2.45, 2.75) is 13.5 Å². The summed E-state index contributed by atoms with van der Waals surface area (Å²) in [5.74, 6) is -0.0705. The van der Waals surface area contributed by atoms with E-state index in [0.29, 0.717) is 6.54 Å². The summed E-state index contributed by atoms with van der Waals surface area (Å²) in [6.45, 7) is 2.81. The number of halogens is 2. The number of rotatable bonds is 5. The van der Waals surface area contributed by atoms with Gasteiger partial charge in [0, 0.05) is 21.6 Å². The van der Waals surface area contributed by atoms with Gasteiger partial charge < -0.3 is 10.6 Å². The lowest BCUT2D eigenvalue weighted by Gasteiger charge is -2.09. The third-order valence-corrected chi connectivity index (χ3v) is 4.62. The van der Waals surface area contributed by atoms with E-state index in [2.05, 4.69) is 26.6 Å². The quantitative estimate of drug-likeness (QED) is 0.824. The van der Waals surface area contributed by atoms with Crippen molar-refractivity contribution >= 4 is 50.5 Å². The minimum atomic E-state index is -0.0705. The molecule has 1 aromatic heterocycles. The Labute approximate surface area is 135 Å². The first kappa shape index (κ1) is 15.5. The van der Waals surface area contributed by atoms with Gasteiger partial charge in [-0.15, -0.1) is 11.3 Å². The van der Waals surface area contributed by atoms with Gasteiger partial charge in [-0.1, -0.05) is 33.6 Å². The zero-order chi connectivity index (χ0) is 14.5. The van der Waals surface area contributed by atoms with E-state index in [1.54, 1.807) is 11.3 Å². The molecular weight excluding hydrogens is 360 g/mol. The van der Waals surface area contributed by atoms with E-state index in [-0.39, 0.29) is 12.5 Å². The smallest absolute Gasteiger partial charge is 0.238 e. The summed E-state index contributed by atoms with van der Waals surface area (Å²) in [6.07, 6.45) is 0. The zero-order valence-electron chi connectivity index (χ0n) is 10.9. The van der Waals surface area contributed by atoms with E-state index in [4.69, 9.17) is 11.6 Å². The average Bonchev–Trinajstić information content (AvgIpc) is 2.80. The van der Waals surface area contributed by atoms with Crippen LogP contribution in [0.25, 0.3) is 0 Å². The van der Waals surface area contributed by atoms with E-state index in [1.807, 2.05) is 36.6 Å². The number of carbonyl (C=O) groups is 1. The van der Waals surface area contributed by atoms with Crippen molar-refractivity contribution in [3.05, 3.63) is 49.6 Å².